The fourth-order valence-electron chi connectivity index (χ4n) is 0.957. The Labute approximate surface area is 91.1 Å². The van der Waals surface area contributed by atoms with Crippen molar-refractivity contribution in [2.75, 3.05) is 5.32 Å². The number of halogens is 1. The summed E-state index contributed by atoms with van der Waals surface area (Å²) in [7, 11) is 0. The normalized spacial score (nSPS) is 11.8. The second-order valence-corrected chi connectivity index (χ2v) is 3.24. The Bertz CT molecular complexity index is 353. The van der Waals surface area contributed by atoms with Gasteiger partial charge in [0.05, 0.1) is 5.02 Å². The maximum Gasteiger partial charge on any atom is 0.326 e. The third-order valence-electron chi connectivity index (χ3n) is 1.68. The Morgan fingerprint density at radius 2 is 2.40 bits per heavy atom. The van der Waals surface area contributed by atoms with Gasteiger partial charge in [0, 0.05) is 12.6 Å². The number of aliphatic carboxylic acids is 1. The fourth-order valence-corrected chi connectivity index (χ4v) is 1.07. The first kappa shape index (κ1) is 11.5. The highest BCUT2D eigenvalue weighted by molar-refractivity contribution is 6.30. The van der Waals surface area contributed by atoms with Gasteiger partial charge in [0.1, 0.15) is 18.1 Å². The number of carboxylic acid groups (broad SMARTS) is 1. The predicted molar refractivity (Wildman–Crippen MR) is 55.0 cm³/mol. The van der Waals surface area contributed by atoms with E-state index in [2.05, 4.69) is 10.3 Å². The van der Waals surface area contributed by atoms with Crippen LogP contribution in [0.1, 0.15) is 6.42 Å². The molecule has 1 aromatic heterocycles. The molecule has 1 heterocycles. The minimum Gasteiger partial charge on any atom is -0.480 e. The zero-order valence-corrected chi connectivity index (χ0v) is 8.44. The molecule has 2 N–H and O–H groups in total. The average Bonchev–Trinajstić information content (AvgIpc) is 2.20. The number of nitrogens with one attached hydrogen (secondary N) is 1. The number of pyridine rings is 1. The number of hydrogen-bond acceptors (Lipinski definition) is 4. The number of nitrogens with zero attached hydrogens (tertiary/aromatic N) is 1. The quantitative estimate of drug-likeness (QED) is 0.740. The molecule has 0 aliphatic carbocycles. The second kappa shape index (κ2) is 5.31. The Morgan fingerprint density at radius 3 is 2.87 bits per heavy atom. The molecule has 80 valence electrons. The van der Waals surface area contributed by atoms with Crippen LogP contribution in [0, 0.1) is 0 Å². The van der Waals surface area contributed by atoms with Crippen LogP contribution in [-0.2, 0) is 9.59 Å². The van der Waals surface area contributed by atoms with Gasteiger partial charge in [-0.05, 0) is 12.1 Å². The summed E-state index contributed by atoms with van der Waals surface area (Å²) in [6.07, 6.45) is 1.82. The van der Waals surface area contributed by atoms with Crippen LogP contribution < -0.4 is 5.32 Å². The largest absolute Gasteiger partial charge is 0.480 e. The molecule has 15 heavy (non-hydrogen) atoms. The third kappa shape index (κ3) is 3.55. The molecular weight excluding hydrogens is 220 g/mol. The molecule has 1 aromatic rings. The van der Waals surface area contributed by atoms with Crippen LogP contribution in [0.25, 0.3) is 0 Å². The number of carbonyl (C=O) groups excluding carboxylic acids is 1. The molecule has 1 rings (SSSR count). The van der Waals surface area contributed by atoms with Crippen LogP contribution in [0.2, 0.25) is 5.02 Å². The van der Waals surface area contributed by atoms with Crippen molar-refractivity contribution in [1.29, 1.82) is 0 Å². The number of carboxylic acids is 1. The molecule has 1 atom stereocenters. The number of aldehydes is 1. The van der Waals surface area contributed by atoms with Crippen molar-refractivity contribution in [3.8, 4) is 0 Å². The summed E-state index contributed by atoms with van der Waals surface area (Å²) in [5, 5.41) is 11.8. The first-order chi connectivity index (χ1) is 7.13. The number of hydrogen-bond donors (Lipinski definition) is 2. The SMILES string of the molecule is O=CCC(Nc1ccc(Cl)cn1)C(=O)O. The summed E-state index contributed by atoms with van der Waals surface area (Å²) in [4.78, 5) is 24.8. The van der Waals surface area contributed by atoms with Crippen LogP contribution in [0.3, 0.4) is 0 Å². The predicted octanol–water partition coefficient (Wildman–Crippen LogP) is 1.19. The van der Waals surface area contributed by atoms with Crippen molar-refractivity contribution < 1.29 is 14.7 Å². The zero-order valence-electron chi connectivity index (χ0n) is 7.68. The van der Waals surface area contributed by atoms with E-state index in [-0.39, 0.29) is 6.42 Å². The van der Waals surface area contributed by atoms with Crippen molar-refractivity contribution in [1.82, 2.24) is 4.98 Å². The van der Waals surface area contributed by atoms with Crippen molar-refractivity contribution in [3.05, 3.63) is 23.4 Å². The first-order valence-corrected chi connectivity index (χ1v) is 4.56. The molecular formula is C9H9ClN2O3. The standard InChI is InChI=1S/C9H9ClN2O3/c10-6-1-2-8(11-5-6)12-7(3-4-13)9(14)15/h1-2,4-5,7H,3H2,(H,11,12)(H,14,15). The maximum atomic E-state index is 10.7. The molecule has 0 radical (unpaired) electrons. The van der Waals surface area contributed by atoms with E-state index in [1.807, 2.05) is 0 Å². The van der Waals surface area contributed by atoms with Gasteiger partial charge in [-0.3, -0.25) is 0 Å². The summed E-state index contributed by atoms with van der Waals surface area (Å²) < 4.78 is 0. The Kier molecular flexibility index (Phi) is 4.05. The summed E-state index contributed by atoms with van der Waals surface area (Å²) in [5.74, 6) is -0.729. The van der Waals surface area contributed by atoms with Crippen LogP contribution in [0.5, 0.6) is 0 Å². The number of carbonyl (C=O) groups is 2. The van der Waals surface area contributed by atoms with Crippen molar-refractivity contribution >= 4 is 29.7 Å². The lowest BCUT2D eigenvalue weighted by Gasteiger charge is -2.11. The number of aromatic nitrogens is 1. The van der Waals surface area contributed by atoms with Crippen molar-refractivity contribution in [2.24, 2.45) is 0 Å². The summed E-state index contributed by atoms with van der Waals surface area (Å²) in [6, 6.07) is 2.16. The molecule has 6 heteroatoms. The molecule has 0 aliphatic heterocycles. The van der Waals surface area contributed by atoms with Crippen LogP contribution in [0.15, 0.2) is 18.3 Å². The molecule has 5 nitrogen and oxygen atoms in total. The molecule has 0 amide bonds. The van der Waals surface area contributed by atoms with Crippen LogP contribution >= 0.6 is 11.6 Å². The van der Waals surface area contributed by atoms with E-state index in [1.165, 1.54) is 6.20 Å². The minimum atomic E-state index is -1.10. The van der Waals surface area contributed by atoms with Gasteiger partial charge in [-0.1, -0.05) is 11.6 Å². The molecule has 0 saturated carbocycles. The van der Waals surface area contributed by atoms with Gasteiger partial charge in [-0.25, -0.2) is 9.78 Å². The van der Waals surface area contributed by atoms with Gasteiger partial charge in [0.15, 0.2) is 0 Å². The maximum absolute atomic E-state index is 10.7. The van der Waals surface area contributed by atoms with Gasteiger partial charge in [0.25, 0.3) is 0 Å². The molecule has 0 bridgehead atoms. The number of anilines is 1. The Balaban J connectivity index is 2.69. The van der Waals surface area contributed by atoms with Gasteiger partial charge < -0.3 is 15.2 Å². The van der Waals surface area contributed by atoms with Crippen molar-refractivity contribution in [2.45, 2.75) is 12.5 Å². The van der Waals surface area contributed by atoms with E-state index < -0.39 is 12.0 Å². The van der Waals surface area contributed by atoms with Gasteiger partial charge in [-0.15, -0.1) is 0 Å². The lowest BCUT2D eigenvalue weighted by molar-refractivity contribution is -0.138. The Morgan fingerprint density at radius 1 is 1.67 bits per heavy atom. The van der Waals surface area contributed by atoms with Gasteiger partial charge in [-0.2, -0.15) is 0 Å². The van der Waals surface area contributed by atoms with E-state index in [4.69, 9.17) is 16.7 Å². The molecule has 0 saturated heterocycles. The molecule has 1 unspecified atom stereocenters. The minimum absolute atomic E-state index is 0.111. The van der Waals surface area contributed by atoms with Crippen LogP contribution in [-0.4, -0.2) is 28.4 Å². The van der Waals surface area contributed by atoms with Crippen LogP contribution in [0.4, 0.5) is 5.82 Å². The zero-order chi connectivity index (χ0) is 11.3. The monoisotopic (exact) mass is 228 g/mol. The van der Waals surface area contributed by atoms with E-state index in [1.54, 1.807) is 12.1 Å². The lowest BCUT2D eigenvalue weighted by atomic mass is 10.2. The summed E-state index contributed by atoms with van der Waals surface area (Å²) in [6.45, 7) is 0. The third-order valence-corrected chi connectivity index (χ3v) is 1.90. The average molecular weight is 229 g/mol. The highest BCUT2D eigenvalue weighted by atomic mass is 35.5. The molecule has 0 aliphatic rings. The molecule has 0 spiro atoms. The summed E-state index contributed by atoms with van der Waals surface area (Å²) in [5.41, 5.74) is 0. The van der Waals surface area contributed by atoms with Gasteiger partial charge >= 0.3 is 5.97 Å². The van der Waals surface area contributed by atoms with Crippen molar-refractivity contribution in [3.63, 3.8) is 0 Å². The fraction of sp³-hybridized carbons (Fsp3) is 0.222. The number of rotatable bonds is 5. The molecule has 0 fully saturated rings. The van der Waals surface area contributed by atoms with E-state index >= 15 is 0 Å². The topological polar surface area (TPSA) is 79.3 Å². The Hall–Kier alpha value is -1.62. The highest BCUT2D eigenvalue weighted by Crippen LogP contribution is 2.11. The molecule has 0 aromatic carbocycles. The van der Waals surface area contributed by atoms with E-state index in [0.29, 0.717) is 17.1 Å². The van der Waals surface area contributed by atoms with E-state index in [9.17, 15) is 9.59 Å². The summed E-state index contributed by atoms with van der Waals surface area (Å²) >= 11 is 5.61. The first-order valence-electron chi connectivity index (χ1n) is 4.18. The smallest absolute Gasteiger partial charge is 0.326 e. The lowest BCUT2D eigenvalue weighted by Crippen LogP contribution is -2.29. The van der Waals surface area contributed by atoms with E-state index in [0.717, 1.165) is 0 Å². The second-order valence-electron chi connectivity index (χ2n) is 2.80. The van der Waals surface area contributed by atoms with Gasteiger partial charge in [0.2, 0.25) is 0 Å². The highest BCUT2D eigenvalue weighted by Gasteiger charge is 2.16.